The molecule has 0 atom stereocenters. The summed E-state index contributed by atoms with van der Waals surface area (Å²) in [5.41, 5.74) is 13.1. The quantitative estimate of drug-likeness (QED) is 0.177. The van der Waals surface area contributed by atoms with Gasteiger partial charge in [-0.15, -0.1) is 0 Å². The van der Waals surface area contributed by atoms with Crippen molar-refractivity contribution in [2.75, 3.05) is 0 Å². The zero-order valence-corrected chi connectivity index (χ0v) is 30.7. The van der Waals surface area contributed by atoms with Gasteiger partial charge >= 0.3 is 0 Å². The zero-order valence-electron chi connectivity index (χ0n) is 30.7. The van der Waals surface area contributed by atoms with Crippen molar-refractivity contribution in [1.29, 1.82) is 0 Å². The third-order valence-electron chi connectivity index (χ3n) is 11.3. The predicted octanol–water partition coefficient (Wildman–Crippen LogP) is 13.6. The number of aromatic nitrogens is 4. The van der Waals surface area contributed by atoms with Gasteiger partial charge in [0, 0.05) is 60.4 Å². The Morgan fingerprint density at radius 2 is 0.860 bits per heavy atom. The molecule has 4 heterocycles. The van der Waals surface area contributed by atoms with E-state index >= 15 is 0 Å². The van der Waals surface area contributed by atoms with E-state index in [0.29, 0.717) is 5.82 Å². The maximum Gasteiger partial charge on any atom is 0.160 e. The maximum atomic E-state index is 6.31. The molecule has 8 aromatic carbocycles. The van der Waals surface area contributed by atoms with Crippen molar-refractivity contribution in [2.45, 2.75) is 0 Å². The van der Waals surface area contributed by atoms with Crippen molar-refractivity contribution in [3.8, 4) is 45.3 Å². The molecule has 12 rings (SSSR count). The monoisotopic (exact) mass is 728 g/mol. The van der Waals surface area contributed by atoms with E-state index in [2.05, 4.69) is 179 Å². The highest BCUT2D eigenvalue weighted by atomic mass is 16.3. The lowest BCUT2D eigenvalue weighted by Gasteiger charge is -2.14. The van der Waals surface area contributed by atoms with Gasteiger partial charge in [0.05, 0.1) is 33.5 Å². The van der Waals surface area contributed by atoms with E-state index < -0.39 is 0 Å². The van der Waals surface area contributed by atoms with Gasteiger partial charge in [0.2, 0.25) is 0 Å². The van der Waals surface area contributed by atoms with Gasteiger partial charge in [-0.3, -0.25) is 0 Å². The van der Waals surface area contributed by atoms with Crippen molar-refractivity contribution in [2.24, 2.45) is 0 Å². The van der Waals surface area contributed by atoms with E-state index in [0.717, 1.165) is 72.4 Å². The van der Waals surface area contributed by atoms with Crippen LogP contribution in [0.5, 0.6) is 0 Å². The van der Waals surface area contributed by atoms with Crippen LogP contribution in [0.2, 0.25) is 0 Å². The van der Waals surface area contributed by atoms with Gasteiger partial charge in [-0.25, -0.2) is 9.97 Å². The summed E-state index contributed by atoms with van der Waals surface area (Å²) in [5, 5.41) is 7.04. The van der Waals surface area contributed by atoms with E-state index in [1.165, 1.54) is 32.6 Å². The molecule has 5 heteroatoms. The number of para-hydroxylation sites is 4. The highest BCUT2D eigenvalue weighted by Gasteiger charge is 2.22. The lowest BCUT2D eigenvalue weighted by atomic mass is 10.0. The first-order chi connectivity index (χ1) is 28.3. The van der Waals surface area contributed by atoms with Crippen molar-refractivity contribution >= 4 is 65.6 Å². The van der Waals surface area contributed by atoms with Gasteiger partial charge in [-0.1, -0.05) is 133 Å². The topological polar surface area (TPSA) is 48.8 Å². The van der Waals surface area contributed by atoms with Gasteiger partial charge in [-0.05, 0) is 60.7 Å². The Bertz CT molecular complexity index is 3520. The average molecular weight is 729 g/mol. The van der Waals surface area contributed by atoms with Crippen LogP contribution in [-0.4, -0.2) is 19.1 Å². The Morgan fingerprint density at radius 3 is 1.58 bits per heavy atom. The molecule has 0 bridgehead atoms. The Hall–Kier alpha value is -7.76. The molecule has 57 heavy (non-hydrogen) atoms. The summed E-state index contributed by atoms with van der Waals surface area (Å²) in [6.45, 7) is 0. The van der Waals surface area contributed by atoms with E-state index in [1.807, 2.05) is 24.3 Å². The number of hydrogen-bond acceptors (Lipinski definition) is 3. The standard InChI is InChI=1S/C52H32N4O/c1-3-14-33(15-4-1)44-32-45(34-26-27-41-40-22-9-12-25-48(40)57-49(41)31-34)54-52(53-44)35-16-13-19-37(30-35)56-47-24-11-8-21-39(47)43-29-28-42-38-20-7-10-23-46(38)55(50(42)51(43)56)36-17-5-2-6-18-36/h1-32H. The summed E-state index contributed by atoms with van der Waals surface area (Å²) in [7, 11) is 0. The highest BCUT2D eigenvalue weighted by Crippen LogP contribution is 2.42. The van der Waals surface area contributed by atoms with Crippen molar-refractivity contribution in [3.05, 3.63) is 194 Å². The molecule has 266 valence electrons. The molecule has 0 amide bonds. The molecule has 0 spiro atoms. The van der Waals surface area contributed by atoms with E-state index in [1.54, 1.807) is 0 Å². The lowest BCUT2D eigenvalue weighted by Crippen LogP contribution is -2.00. The van der Waals surface area contributed by atoms with Crippen LogP contribution in [0.3, 0.4) is 0 Å². The fraction of sp³-hybridized carbons (Fsp3) is 0. The van der Waals surface area contributed by atoms with Crippen LogP contribution in [0.15, 0.2) is 199 Å². The number of furan rings is 1. The van der Waals surface area contributed by atoms with Crippen LogP contribution >= 0.6 is 0 Å². The van der Waals surface area contributed by atoms with Gasteiger partial charge in [-0.2, -0.15) is 0 Å². The minimum Gasteiger partial charge on any atom is -0.456 e. The number of fused-ring (bicyclic) bond motifs is 10. The van der Waals surface area contributed by atoms with Crippen LogP contribution in [0.1, 0.15) is 0 Å². The second-order valence-electron chi connectivity index (χ2n) is 14.6. The minimum absolute atomic E-state index is 0.655. The van der Waals surface area contributed by atoms with Gasteiger partial charge in [0.25, 0.3) is 0 Å². The first kappa shape index (κ1) is 31.6. The lowest BCUT2D eigenvalue weighted by molar-refractivity contribution is 0.669. The third-order valence-corrected chi connectivity index (χ3v) is 11.3. The molecule has 0 saturated carbocycles. The van der Waals surface area contributed by atoms with Crippen LogP contribution < -0.4 is 0 Å². The number of nitrogens with zero attached hydrogens (tertiary/aromatic N) is 4. The molecule has 0 N–H and O–H groups in total. The third kappa shape index (κ3) is 4.89. The van der Waals surface area contributed by atoms with Gasteiger partial charge < -0.3 is 13.6 Å². The summed E-state index contributed by atoms with van der Waals surface area (Å²) in [6.07, 6.45) is 0. The second kappa shape index (κ2) is 12.4. The molecule has 5 nitrogen and oxygen atoms in total. The molecule has 4 aromatic heterocycles. The van der Waals surface area contributed by atoms with Crippen LogP contribution in [-0.2, 0) is 0 Å². The SMILES string of the molecule is c1ccc(-c2cc(-c3ccc4c(c3)oc3ccccc34)nc(-c3cccc(-n4c5ccccc5c5ccc6c7ccccc7n(-c7ccccc7)c6c54)c3)n2)cc1. The second-order valence-corrected chi connectivity index (χ2v) is 14.6. The first-order valence-electron chi connectivity index (χ1n) is 19.2. The summed E-state index contributed by atoms with van der Waals surface area (Å²) >= 11 is 0. The smallest absolute Gasteiger partial charge is 0.160 e. The molecule has 0 aliphatic carbocycles. The summed E-state index contributed by atoms with van der Waals surface area (Å²) in [6, 6.07) is 68.3. The van der Waals surface area contributed by atoms with Crippen LogP contribution in [0.25, 0.3) is 111 Å². The molecule has 0 fully saturated rings. The molecule has 0 saturated heterocycles. The summed E-state index contributed by atoms with van der Waals surface area (Å²) in [5.74, 6) is 0.655. The van der Waals surface area contributed by atoms with Crippen molar-refractivity contribution < 1.29 is 4.42 Å². The van der Waals surface area contributed by atoms with Crippen molar-refractivity contribution in [3.63, 3.8) is 0 Å². The van der Waals surface area contributed by atoms with Crippen LogP contribution in [0, 0.1) is 0 Å². The average Bonchev–Trinajstić information content (AvgIpc) is 3.94. The van der Waals surface area contributed by atoms with Gasteiger partial charge in [0.1, 0.15) is 11.2 Å². The first-order valence-corrected chi connectivity index (χ1v) is 19.2. The molecule has 0 aliphatic rings. The highest BCUT2D eigenvalue weighted by molar-refractivity contribution is 6.23. The maximum absolute atomic E-state index is 6.31. The predicted molar refractivity (Wildman–Crippen MR) is 234 cm³/mol. The van der Waals surface area contributed by atoms with E-state index in [-0.39, 0.29) is 0 Å². The molecule has 0 unspecified atom stereocenters. The fourth-order valence-electron chi connectivity index (χ4n) is 8.76. The number of rotatable bonds is 5. The number of hydrogen-bond donors (Lipinski definition) is 0. The molecular formula is C52H32N4O. The molecule has 12 aromatic rings. The summed E-state index contributed by atoms with van der Waals surface area (Å²) in [4.78, 5) is 10.5. The Labute approximate surface area is 327 Å². The van der Waals surface area contributed by atoms with Crippen molar-refractivity contribution in [1.82, 2.24) is 19.1 Å². The summed E-state index contributed by atoms with van der Waals surface area (Å²) < 4.78 is 11.2. The van der Waals surface area contributed by atoms with Crippen LogP contribution in [0.4, 0.5) is 0 Å². The largest absolute Gasteiger partial charge is 0.456 e. The number of benzene rings is 8. The molecular weight excluding hydrogens is 697 g/mol. The fourth-order valence-corrected chi connectivity index (χ4v) is 8.76. The minimum atomic E-state index is 0.655. The normalized spacial score (nSPS) is 11.9. The molecule has 0 aliphatic heterocycles. The van der Waals surface area contributed by atoms with E-state index in [9.17, 15) is 0 Å². The Morgan fingerprint density at radius 1 is 0.333 bits per heavy atom. The Kier molecular flexibility index (Phi) is 6.86. The zero-order chi connectivity index (χ0) is 37.5. The molecule has 0 radical (unpaired) electrons. The van der Waals surface area contributed by atoms with E-state index in [4.69, 9.17) is 14.4 Å². The van der Waals surface area contributed by atoms with Gasteiger partial charge in [0.15, 0.2) is 5.82 Å². The Balaban J connectivity index is 1.10.